The minimum atomic E-state index is -0.211. The molecule has 0 saturated carbocycles. The molecule has 0 spiro atoms. The summed E-state index contributed by atoms with van der Waals surface area (Å²) in [7, 11) is 0. The van der Waals surface area contributed by atoms with Crippen molar-refractivity contribution in [3.63, 3.8) is 0 Å². The van der Waals surface area contributed by atoms with Crippen molar-refractivity contribution in [2.45, 2.75) is 27.4 Å². The molecule has 0 unspecified atom stereocenters. The van der Waals surface area contributed by atoms with Crippen molar-refractivity contribution in [1.82, 2.24) is 0 Å². The van der Waals surface area contributed by atoms with Crippen molar-refractivity contribution in [2.24, 2.45) is 0 Å². The fourth-order valence-electron chi connectivity index (χ4n) is 3.04. The molecule has 0 saturated heterocycles. The van der Waals surface area contributed by atoms with Gasteiger partial charge in [-0.25, -0.2) is 0 Å². The highest BCUT2D eigenvalue weighted by Crippen LogP contribution is 2.27. The normalized spacial score (nSPS) is 10.9. The summed E-state index contributed by atoms with van der Waals surface area (Å²) in [5.74, 6) is 1.46. The zero-order valence-electron chi connectivity index (χ0n) is 16.7. The van der Waals surface area contributed by atoms with E-state index in [4.69, 9.17) is 13.9 Å². The Hall–Kier alpha value is -3.53. The molecule has 4 aromatic rings. The summed E-state index contributed by atoms with van der Waals surface area (Å²) in [5.41, 5.74) is 4.55. The summed E-state index contributed by atoms with van der Waals surface area (Å²) >= 11 is 0. The molecule has 1 heterocycles. The van der Waals surface area contributed by atoms with Crippen LogP contribution < -0.4 is 14.9 Å². The molecule has 0 N–H and O–H groups in total. The molecule has 0 fully saturated rings. The van der Waals surface area contributed by atoms with Gasteiger partial charge in [0.1, 0.15) is 30.0 Å². The molecule has 0 aliphatic heterocycles. The molecular formula is C25H22O4. The first kappa shape index (κ1) is 18.8. The van der Waals surface area contributed by atoms with Crippen molar-refractivity contribution < 1.29 is 13.9 Å². The quantitative estimate of drug-likeness (QED) is 0.416. The Labute approximate surface area is 169 Å². The molecule has 0 amide bonds. The van der Waals surface area contributed by atoms with Gasteiger partial charge in [-0.1, -0.05) is 42.0 Å². The van der Waals surface area contributed by atoms with E-state index in [9.17, 15) is 4.79 Å². The molecule has 0 bridgehead atoms. The Morgan fingerprint density at radius 2 is 1.59 bits per heavy atom. The standard InChI is InChI=1S/C25H22O4/c1-16-5-8-19(9-6-16)14-27-20-10-11-21-23(13-20)28-15-24(25(21)26)29-22-12-17(2)4-7-18(22)3/h4-13,15H,14H2,1-3H3. The predicted molar refractivity (Wildman–Crippen MR) is 114 cm³/mol. The summed E-state index contributed by atoms with van der Waals surface area (Å²) in [6.07, 6.45) is 1.36. The van der Waals surface area contributed by atoms with Gasteiger partial charge in [-0.05, 0) is 55.7 Å². The van der Waals surface area contributed by atoms with E-state index in [1.807, 2.05) is 51.1 Å². The highest BCUT2D eigenvalue weighted by Gasteiger charge is 2.11. The van der Waals surface area contributed by atoms with Crippen molar-refractivity contribution in [2.75, 3.05) is 0 Å². The average Bonchev–Trinajstić information content (AvgIpc) is 2.72. The minimum Gasteiger partial charge on any atom is -0.489 e. The Morgan fingerprint density at radius 1 is 0.828 bits per heavy atom. The second-order valence-corrected chi connectivity index (χ2v) is 7.23. The van der Waals surface area contributed by atoms with Crippen LogP contribution in [0.5, 0.6) is 17.2 Å². The van der Waals surface area contributed by atoms with Crippen LogP contribution in [0.2, 0.25) is 0 Å². The molecule has 4 rings (SSSR count). The van der Waals surface area contributed by atoms with Gasteiger partial charge >= 0.3 is 0 Å². The summed E-state index contributed by atoms with van der Waals surface area (Å²) < 4.78 is 17.3. The Kier molecular flexibility index (Phi) is 5.09. The maximum absolute atomic E-state index is 12.8. The number of aryl methyl sites for hydroxylation is 3. The van der Waals surface area contributed by atoms with E-state index in [1.165, 1.54) is 11.8 Å². The van der Waals surface area contributed by atoms with Gasteiger partial charge in [0.2, 0.25) is 11.2 Å². The fourth-order valence-corrected chi connectivity index (χ4v) is 3.04. The van der Waals surface area contributed by atoms with Crippen LogP contribution in [0.15, 0.2) is 76.1 Å². The molecule has 0 radical (unpaired) electrons. The molecule has 0 aliphatic rings. The fraction of sp³-hybridized carbons (Fsp3) is 0.160. The number of hydrogen-bond donors (Lipinski definition) is 0. The summed E-state index contributed by atoms with van der Waals surface area (Å²) in [6, 6.07) is 19.3. The summed E-state index contributed by atoms with van der Waals surface area (Å²) in [4.78, 5) is 12.8. The van der Waals surface area contributed by atoms with Crippen LogP contribution in [0, 0.1) is 20.8 Å². The van der Waals surface area contributed by atoms with E-state index in [0.717, 1.165) is 16.7 Å². The molecule has 4 nitrogen and oxygen atoms in total. The third-order valence-corrected chi connectivity index (χ3v) is 4.80. The summed E-state index contributed by atoms with van der Waals surface area (Å²) in [5, 5.41) is 0.454. The van der Waals surface area contributed by atoms with Gasteiger partial charge in [0.25, 0.3) is 0 Å². The number of fused-ring (bicyclic) bond motifs is 1. The van der Waals surface area contributed by atoms with E-state index in [-0.39, 0.29) is 11.2 Å². The van der Waals surface area contributed by atoms with E-state index >= 15 is 0 Å². The molecule has 0 aliphatic carbocycles. The highest BCUT2D eigenvalue weighted by molar-refractivity contribution is 5.79. The van der Waals surface area contributed by atoms with Crippen LogP contribution in [0.25, 0.3) is 11.0 Å². The van der Waals surface area contributed by atoms with Gasteiger partial charge in [0.15, 0.2) is 0 Å². The minimum absolute atomic E-state index is 0.166. The summed E-state index contributed by atoms with van der Waals surface area (Å²) in [6.45, 7) is 6.42. The molecular weight excluding hydrogens is 364 g/mol. The van der Waals surface area contributed by atoms with Crippen molar-refractivity contribution in [3.05, 3.63) is 99.4 Å². The number of hydrogen-bond acceptors (Lipinski definition) is 4. The van der Waals surface area contributed by atoms with Crippen molar-refractivity contribution >= 4 is 11.0 Å². The van der Waals surface area contributed by atoms with Crippen LogP contribution in [-0.4, -0.2) is 0 Å². The van der Waals surface area contributed by atoms with Crippen LogP contribution in [-0.2, 0) is 6.61 Å². The highest BCUT2D eigenvalue weighted by atomic mass is 16.5. The van der Waals surface area contributed by atoms with Crippen LogP contribution in [0.1, 0.15) is 22.3 Å². The first-order valence-corrected chi connectivity index (χ1v) is 9.48. The molecule has 4 heteroatoms. The maximum atomic E-state index is 12.8. The second kappa shape index (κ2) is 7.84. The molecule has 146 valence electrons. The zero-order valence-corrected chi connectivity index (χ0v) is 16.7. The third-order valence-electron chi connectivity index (χ3n) is 4.80. The second-order valence-electron chi connectivity index (χ2n) is 7.23. The van der Waals surface area contributed by atoms with Crippen molar-refractivity contribution in [3.8, 4) is 17.2 Å². The van der Waals surface area contributed by atoms with Gasteiger partial charge in [-0.3, -0.25) is 4.79 Å². The largest absolute Gasteiger partial charge is 0.489 e. The number of ether oxygens (including phenoxy) is 2. The van der Waals surface area contributed by atoms with Gasteiger partial charge in [0.05, 0.1) is 5.39 Å². The lowest BCUT2D eigenvalue weighted by atomic mass is 10.1. The van der Waals surface area contributed by atoms with E-state index in [0.29, 0.717) is 29.1 Å². The third kappa shape index (κ3) is 4.16. The van der Waals surface area contributed by atoms with Crippen LogP contribution in [0.3, 0.4) is 0 Å². The molecule has 3 aromatic carbocycles. The predicted octanol–water partition coefficient (Wildman–Crippen LogP) is 6.09. The van der Waals surface area contributed by atoms with E-state index in [2.05, 4.69) is 12.1 Å². The van der Waals surface area contributed by atoms with E-state index in [1.54, 1.807) is 18.2 Å². The maximum Gasteiger partial charge on any atom is 0.235 e. The lowest BCUT2D eigenvalue weighted by molar-refractivity contribution is 0.306. The molecule has 29 heavy (non-hydrogen) atoms. The van der Waals surface area contributed by atoms with E-state index < -0.39 is 0 Å². The Morgan fingerprint density at radius 3 is 2.38 bits per heavy atom. The molecule has 1 aromatic heterocycles. The van der Waals surface area contributed by atoms with Gasteiger partial charge in [-0.2, -0.15) is 0 Å². The zero-order chi connectivity index (χ0) is 20.4. The van der Waals surface area contributed by atoms with Gasteiger partial charge in [0, 0.05) is 6.07 Å². The average molecular weight is 386 g/mol. The lowest BCUT2D eigenvalue weighted by Crippen LogP contribution is -2.05. The van der Waals surface area contributed by atoms with Gasteiger partial charge < -0.3 is 13.9 Å². The molecule has 0 atom stereocenters. The first-order valence-electron chi connectivity index (χ1n) is 9.48. The monoisotopic (exact) mass is 386 g/mol. The smallest absolute Gasteiger partial charge is 0.235 e. The number of benzene rings is 3. The topological polar surface area (TPSA) is 48.7 Å². The van der Waals surface area contributed by atoms with Gasteiger partial charge in [-0.15, -0.1) is 0 Å². The van der Waals surface area contributed by atoms with Crippen LogP contribution in [0.4, 0.5) is 0 Å². The lowest BCUT2D eigenvalue weighted by Gasteiger charge is -2.10. The SMILES string of the molecule is Cc1ccc(COc2ccc3c(=O)c(Oc4cc(C)ccc4C)coc3c2)cc1. The van der Waals surface area contributed by atoms with Crippen molar-refractivity contribution in [1.29, 1.82) is 0 Å². The Bertz CT molecular complexity index is 1220. The van der Waals surface area contributed by atoms with Crippen LogP contribution >= 0.6 is 0 Å². The number of rotatable bonds is 5. The first-order chi connectivity index (χ1) is 14.0. The Balaban J connectivity index is 1.57.